The number of allylic oxidation sites excluding steroid dienone is 1. The lowest BCUT2D eigenvalue weighted by atomic mass is 9.78. The van der Waals surface area contributed by atoms with Gasteiger partial charge in [-0.25, -0.2) is 14.6 Å². The number of carboxylic acids is 3. The zero-order chi connectivity index (χ0) is 32.7. The first kappa shape index (κ1) is 30.0. The van der Waals surface area contributed by atoms with Crippen LogP contribution in [0.5, 0.6) is 5.75 Å². The molecule has 14 nitrogen and oxygen atoms in total. The summed E-state index contributed by atoms with van der Waals surface area (Å²) in [6.45, 7) is 2.25. The molecule has 0 saturated carbocycles. The van der Waals surface area contributed by atoms with Crippen molar-refractivity contribution in [2.75, 3.05) is 0 Å². The van der Waals surface area contributed by atoms with E-state index in [-0.39, 0.29) is 23.7 Å². The molecule has 5 N–H and O–H groups in total. The van der Waals surface area contributed by atoms with Gasteiger partial charge in [0.2, 0.25) is 0 Å². The van der Waals surface area contributed by atoms with Gasteiger partial charge < -0.3 is 29.7 Å². The van der Waals surface area contributed by atoms with Crippen molar-refractivity contribution in [2.45, 2.75) is 38.0 Å². The number of imidazole rings is 1. The summed E-state index contributed by atoms with van der Waals surface area (Å²) in [5.41, 5.74) is 1.90. The Morgan fingerprint density at radius 1 is 1.04 bits per heavy atom. The molecular weight excluding hydrogens is 600 g/mol. The minimum atomic E-state index is -3.18. The fourth-order valence-electron chi connectivity index (χ4n) is 5.86. The quantitative estimate of drug-likeness (QED) is 0.159. The van der Waals surface area contributed by atoms with Gasteiger partial charge in [-0.2, -0.15) is 0 Å². The van der Waals surface area contributed by atoms with Gasteiger partial charge in [-0.1, -0.05) is 35.5 Å². The summed E-state index contributed by atoms with van der Waals surface area (Å²) < 4.78 is 12.9. The number of hydrogen-bond donors (Lipinski definition) is 5. The van der Waals surface area contributed by atoms with Gasteiger partial charge in [-0.3, -0.25) is 19.1 Å². The van der Waals surface area contributed by atoms with E-state index in [1.54, 1.807) is 13.3 Å². The number of aromatic amines is 1. The molecule has 0 spiro atoms. The average molecular weight is 627 g/mol. The molecule has 1 aliphatic rings. The van der Waals surface area contributed by atoms with Crippen LogP contribution in [0.4, 0.5) is 0 Å². The summed E-state index contributed by atoms with van der Waals surface area (Å²) >= 11 is 0. The highest BCUT2D eigenvalue weighted by Crippen LogP contribution is 2.43. The highest BCUT2D eigenvalue weighted by atomic mass is 16.5. The summed E-state index contributed by atoms with van der Waals surface area (Å²) in [6.07, 6.45) is 0.384. The minimum absolute atomic E-state index is 0.0841. The average Bonchev–Trinajstić information content (AvgIpc) is 3.59. The van der Waals surface area contributed by atoms with E-state index in [4.69, 9.17) is 9.26 Å². The molecule has 5 aromatic rings. The number of nitrogens with one attached hydrogen (secondary N) is 1. The van der Waals surface area contributed by atoms with Crippen molar-refractivity contribution in [3.05, 3.63) is 111 Å². The van der Waals surface area contributed by atoms with Gasteiger partial charge in [0, 0.05) is 17.7 Å². The van der Waals surface area contributed by atoms with Gasteiger partial charge in [0.25, 0.3) is 0 Å². The number of aliphatic carboxylic acids is 3. The molecule has 234 valence electrons. The third-order valence-electron chi connectivity index (χ3n) is 7.99. The SMILES string of the molecule is C/C(=C1/c2ccc(Cn3cnc4ccccc43)cc2COc2ccc(C(C(=O)O)C(O)(CC(=O)O)C(=O)O)cc21)c1noc(=O)[nH]1. The third kappa shape index (κ3) is 5.30. The van der Waals surface area contributed by atoms with Crippen molar-refractivity contribution in [3.63, 3.8) is 0 Å². The number of H-pyrrole nitrogens is 1. The number of benzene rings is 3. The Hall–Kier alpha value is -6.02. The van der Waals surface area contributed by atoms with Crippen LogP contribution >= 0.6 is 0 Å². The second-order valence-corrected chi connectivity index (χ2v) is 10.9. The number of aliphatic hydroxyl groups is 1. The van der Waals surface area contributed by atoms with Gasteiger partial charge in [0.05, 0.1) is 23.8 Å². The Morgan fingerprint density at radius 2 is 1.83 bits per heavy atom. The molecular formula is C32H26N4O10. The van der Waals surface area contributed by atoms with Crippen LogP contribution in [-0.4, -0.2) is 63.6 Å². The maximum Gasteiger partial charge on any atom is 0.439 e. The molecule has 0 fully saturated rings. The smallest absolute Gasteiger partial charge is 0.439 e. The zero-order valence-electron chi connectivity index (χ0n) is 24.1. The third-order valence-corrected chi connectivity index (χ3v) is 7.99. The normalized spacial score (nSPS) is 15.5. The molecule has 0 aliphatic carbocycles. The molecule has 3 aromatic carbocycles. The summed E-state index contributed by atoms with van der Waals surface area (Å²) in [4.78, 5) is 54.8. The predicted octanol–water partition coefficient (Wildman–Crippen LogP) is 3.09. The van der Waals surface area contributed by atoms with E-state index >= 15 is 0 Å². The van der Waals surface area contributed by atoms with E-state index in [1.165, 1.54) is 18.2 Å². The molecule has 0 radical (unpaired) electrons. The molecule has 0 bridgehead atoms. The van der Waals surface area contributed by atoms with E-state index in [9.17, 15) is 39.6 Å². The van der Waals surface area contributed by atoms with Crippen LogP contribution in [-0.2, 0) is 27.5 Å². The largest absolute Gasteiger partial charge is 0.488 e. The highest BCUT2D eigenvalue weighted by Gasteiger charge is 2.51. The summed E-state index contributed by atoms with van der Waals surface area (Å²) in [5.74, 6) is -8.07. The highest BCUT2D eigenvalue weighted by molar-refractivity contribution is 6.00. The van der Waals surface area contributed by atoms with Gasteiger partial charge >= 0.3 is 23.7 Å². The number of rotatable bonds is 9. The van der Waals surface area contributed by atoms with Gasteiger partial charge in [-0.05, 0) is 65.1 Å². The van der Waals surface area contributed by atoms with Crippen LogP contribution in [0.1, 0.15) is 52.9 Å². The Balaban J connectivity index is 1.51. The summed E-state index contributed by atoms with van der Waals surface area (Å²) in [5, 5.41) is 43.9. The molecule has 3 heterocycles. The van der Waals surface area contributed by atoms with E-state index in [1.807, 2.05) is 47.0 Å². The molecule has 46 heavy (non-hydrogen) atoms. The van der Waals surface area contributed by atoms with E-state index in [0.717, 1.165) is 22.2 Å². The van der Waals surface area contributed by atoms with Crippen molar-refractivity contribution < 1.29 is 44.1 Å². The zero-order valence-corrected chi connectivity index (χ0v) is 24.1. The number of carboxylic acid groups (broad SMARTS) is 3. The number of aromatic nitrogens is 4. The Morgan fingerprint density at radius 3 is 2.52 bits per heavy atom. The van der Waals surface area contributed by atoms with Crippen molar-refractivity contribution >= 4 is 40.1 Å². The second kappa shape index (κ2) is 11.5. The van der Waals surface area contributed by atoms with Crippen molar-refractivity contribution in [1.29, 1.82) is 0 Å². The maximum atomic E-state index is 12.4. The maximum absolute atomic E-state index is 12.4. The van der Waals surface area contributed by atoms with Gasteiger partial charge in [-0.15, -0.1) is 0 Å². The number of para-hydroxylation sites is 2. The van der Waals surface area contributed by atoms with Crippen LogP contribution < -0.4 is 10.5 Å². The Bertz CT molecular complexity index is 2120. The lowest BCUT2D eigenvalue weighted by Gasteiger charge is -2.29. The van der Waals surface area contributed by atoms with E-state index in [0.29, 0.717) is 28.8 Å². The first-order valence-electron chi connectivity index (χ1n) is 13.9. The molecule has 6 rings (SSSR count). The predicted molar refractivity (Wildman–Crippen MR) is 160 cm³/mol. The first-order chi connectivity index (χ1) is 22.0. The van der Waals surface area contributed by atoms with Crippen LogP contribution in [0.25, 0.3) is 22.2 Å². The van der Waals surface area contributed by atoms with Gasteiger partial charge in [0.15, 0.2) is 11.4 Å². The van der Waals surface area contributed by atoms with Crippen molar-refractivity contribution in [1.82, 2.24) is 19.7 Å². The topological polar surface area (TPSA) is 218 Å². The van der Waals surface area contributed by atoms with Crippen molar-refractivity contribution in [2.24, 2.45) is 0 Å². The number of carbonyl (C=O) groups is 3. The molecule has 1 aliphatic heterocycles. The fourth-order valence-corrected chi connectivity index (χ4v) is 5.86. The van der Waals surface area contributed by atoms with Crippen LogP contribution in [0.2, 0.25) is 0 Å². The van der Waals surface area contributed by atoms with Crippen molar-refractivity contribution in [3.8, 4) is 5.75 Å². The molecule has 0 saturated heterocycles. The Labute approximate surface area is 258 Å². The lowest BCUT2D eigenvalue weighted by molar-refractivity contribution is -0.173. The Kier molecular flexibility index (Phi) is 7.49. The number of ether oxygens (including phenoxy) is 1. The summed E-state index contributed by atoms with van der Waals surface area (Å²) in [6, 6.07) is 17.5. The van der Waals surface area contributed by atoms with E-state index in [2.05, 4.69) is 15.1 Å². The number of nitrogens with zero attached hydrogens (tertiary/aromatic N) is 3. The van der Waals surface area contributed by atoms with Gasteiger partial charge in [0.1, 0.15) is 18.3 Å². The molecule has 0 amide bonds. The lowest BCUT2D eigenvalue weighted by Crippen LogP contribution is -2.49. The standard InChI is InChI=1S/C32H26N4O10/c1-16(28-34-31(43)46-35-28)26-20-8-6-17(13-36-15-33-22-4-2-3-5-23(22)36)10-19(20)14-45-24-9-7-18(11-21(24)26)27(29(39)40)32(44,30(41)42)12-25(37)38/h2-11,15,27,44H,12-14H2,1H3,(H,37,38)(H,39,40)(H,41,42)(H,34,35,43)/b26-16+. The fraction of sp³-hybridized carbons (Fsp3) is 0.188. The van der Waals surface area contributed by atoms with E-state index < -0.39 is 41.6 Å². The van der Waals surface area contributed by atoms with Crippen LogP contribution in [0.15, 0.2) is 76.3 Å². The molecule has 2 unspecified atom stereocenters. The monoisotopic (exact) mass is 626 g/mol. The number of hydrogen-bond acceptors (Lipinski definition) is 9. The molecule has 2 aromatic heterocycles. The minimum Gasteiger partial charge on any atom is -0.488 e. The number of fused-ring (bicyclic) bond motifs is 3. The van der Waals surface area contributed by atoms with Crippen LogP contribution in [0, 0.1) is 0 Å². The molecule has 2 atom stereocenters. The first-order valence-corrected chi connectivity index (χ1v) is 13.9. The second-order valence-electron chi connectivity index (χ2n) is 10.9. The molecule has 14 heteroatoms. The van der Waals surface area contributed by atoms with Crippen LogP contribution in [0.3, 0.4) is 0 Å². The summed E-state index contributed by atoms with van der Waals surface area (Å²) in [7, 11) is 0.